The molecular formula is C21H32O2. The molecule has 0 bridgehead atoms. The first kappa shape index (κ1) is 16.0. The average molecular weight is 316 g/mol. The van der Waals surface area contributed by atoms with Crippen LogP contribution in [0.15, 0.2) is 0 Å². The van der Waals surface area contributed by atoms with Gasteiger partial charge in [0.1, 0.15) is 5.60 Å². The van der Waals surface area contributed by atoms with Crippen LogP contribution in [0.4, 0.5) is 0 Å². The number of aliphatic hydroxyl groups is 2. The monoisotopic (exact) mass is 316 g/mol. The highest BCUT2D eigenvalue weighted by Gasteiger charge is 2.60. The van der Waals surface area contributed by atoms with Crippen LogP contribution in [-0.4, -0.2) is 21.9 Å². The highest BCUT2D eigenvalue weighted by atomic mass is 16.3. The largest absolute Gasteiger partial charge is 0.393 e. The molecule has 4 rings (SSSR count). The molecule has 0 aromatic rings. The molecule has 0 heterocycles. The van der Waals surface area contributed by atoms with Crippen molar-refractivity contribution >= 4 is 0 Å². The summed E-state index contributed by atoms with van der Waals surface area (Å²) in [7, 11) is 0. The number of hydrogen-bond acceptors (Lipinski definition) is 2. The number of terminal acetylenes is 1. The van der Waals surface area contributed by atoms with Gasteiger partial charge in [-0.1, -0.05) is 19.8 Å². The van der Waals surface area contributed by atoms with Gasteiger partial charge in [0.25, 0.3) is 0 Å². The van der Waals surface area contributed by atoms with E-state index in [1.165, 1.54) is 32.1 Å². The van der Waals surface area contributed by atoms with Crippen molar-refractivity contribution in [2.45, 2.75) is 83.3 Å². The molecule has 4 fully saturated rings. The minimum absolute atomic E-state index is 0.0862. The van der Waals surface area contributed by atoms with Crippen molar-refractivity contribution in [2.24, 2.45) is 34.5 Å². The minimum atomic E-state index is -0.857. The second-order valence-corrected chi connectivity index (χ2v) is 9.67. The highest BCUT2D eigenvalue weighted by molar-refractivity contribution is 5.16. The Morgan fingerprint density at radius 2 is 1.65 bits per heavy atom. The smallest absolute Gasteiger partial charge is 0.125 e. The molecule has 0 saturated heterocycles. The molecule has 23 heavy (non-hydrogen) atoms. The summed E-state index contributed by atoms with van der Waals surface area (Å²) in [4.78, 5) is 0. The molecule has 4 aliphatic carbocycles. The molecule has 0 aromatic heterocycles. The van der Waals surface area contributed by atoms with Gasteiger partial charge in [0, 0.05) is 0 Å². The van der Waals surface area contributed by atoms with Crippen molar-refractivity contribution < 1.29 is 10.2 Å². The van der Waals surface area contributed by atoms with E-state index in [0.29, 0.717) is 17.3 Å². The summed E-state index contributed by atoms with van der Waals surface area (Å²) >= 11 is 0. The third kappa shape index (κ3) is 2.09. The van der Waals surface area contributed by atoms with Crippen molar-refractivity contribution in [3.05, 3.63) is 0 Å². The number of aliphatic hydroxyl groups excluding tert-OH is 1. The lowest BCUT2D eigenvalue weighted by atomic mass is 9.44. The first-order valence-corrected chi connectivity index (χ1v) is 9.71. The number of hydrogen-bond donors (Lipinski definition) is 2. The fourth-order valence-electron chi connectivity index (χ4n) is 7.35. The molecule has 0 aromatic carbocycles. The van der Waals surface area contributed by atoms with Gasteiger partial charge >= 0.3 is 0 Å². The fraction of sp³-hybridized carbons (Fsp3) is 0.905. The topological polar surface area (TPSA) is 40.5 Å². The second kappa shape index (κ2) is 4.99. The Kier molecular flexibility index (Phi) is 3.47. The van der Waals surface area contributed by atoms with E-state index in [4.69, 9.17) is 6.42 Å². The van der Waals surface area contributed by atoms with E-state index in [1.54, 1.807) is 0 Å². The van der Waals surface area contributed by atoms with Crippen LogP contribution in [0.2, 0.25) is 0 Å². The van der Waals surface area contributed by atoms with E-state index in [9.17, 15) is 10.2 Å². The fourth-order valence-corrected chi connectivity index (χ4v) is 7.35. The molecule has 0 radical (unpaired) electrons. The van der Waals surface area contributed by atoms with Gasteiger partial charge in [-0.2, -0.15) is 0 Å². The SMILES string of the molecule is C#C[C@@]1(O)CC[C@@]2(C)[C@@H](CC[C@H]3[C@H]2CC[C@@]2(C)[C@H](O)CC[C@H]32)C1. The van der Waals surface area contributed by atoms with Crippen LogP contribution in [0.3, 0.4) is 0 Å². The molecule has 2 N–H and O–H groups in total. The molecule has 8 atom stereocenters. The minimum Gasteiger partial charge on any atom is -0.393 e. The first-order chi connectivity index (χ1) is 10.8. The van der Waals surface area contributed by atoms with Crippen LogP contribution < -0.4 is 0 Å². The summed E-state index contributed by atoms with van der Waals surface area (Å²) in [6.45, 7) is 4.83. The second-order valence-electron chi connectivity index (χ2n) is 9.67. The van der Waals surface area contributed by atoms with Gasteiger partial charge in [0.2, 0.25) is 0 Å². The summed E-state index contributed by atoms with van der Waals surface area (Å²) in [5.41, 5.74) is -0.344. The van der Waals surface area contributed by atoms with Crippen LogP contribution in [0, 0.1) is 46.8 Å². The maximum absolute atomic E-state index is 10.6. The van der Waals surface area contributed by atoms with E-state index in [2.05, 4.69) is 19.8 Å². The number of rotatable bonds is 0. The van der Waals surface area contributed by atoms with Gasteiger partial charge in [0.05, 0.1) is 6.10 Å². The summed E-state index contributed by atoms with van der Waals surface area (Å²) in [6, 6.07) is 0. The van der Waals surface area contributed by atoms with Crippen LogP contribution in [0.25, 0.3) is 0 Å². The van der Waals surface area contributed by atoms with Crippen molar-refractivity contribution in [1.29, 1.82) is 0 Å². The zero-order valence-corrected chi connectivity index (χ0v) is 14.7. The van der Waals surface area contributed by atoms with Crippen molar-refractivity contribution in [2.75, 3.05) is 0 Å². The average Bonchev–Trinajstić information content (AvgIpc) is 2.84. The van der Waals surface area contributed by atoms with Gasteiger partial charge in [-0.25, -0.2) is 0 Å². The predicted octanol–water partition coefficient (Wildman–Crippen LogP) is 3.75. The lowest BCUT2D eigenvalue weighted by molar-refractivity contribution is -0.143. The zero-order chi connectivity index (χ0) is 16.5. The van der Waals surface area contributed by atoms with Crippen molar-refractivity contribution in [3.63, 3.8) is 0 Å². The van der Waals surface area contributed by atoms with E-state index >= 15 is 0 Å². The van der Waals surface area contributed by atoms with Crippen molar-refractivity contribution in [1.82, 2.24) is 0 Å². The quantitative estimate of drug-likeness (QED) is 0.668. The maximum Gasteiger partial charge on any atom is 0.125 e. The Labute approximate surface area is 141 Å². The Hall–Kier alpha value is -0.520. The Morgan fingerprint density at radius 3 is 2.39 bits per heavy atom. The standard InChI is InChI=1S/C21H32O2/c1-4-21(23)12-11-19(2)14(13-21)5-6-15-16-7-8-18(22)20(16,3)10-9-17(15)19/h1,14-18,22-23H,5-13H2,2-3H3/t14-,15+,16+,17+,18+,19-,20+,21+/m0/s1. The van der Waals surface area contributed by atoms with E-state index in [-0.39, 0.29) is 11.5 Å². The molecule has 2 heteroatoms. The lowest BCUT2D eigenvalue weighted by Crippen LogP contribution is -2.56. The zero-order valence-electron chi connectivity index (χ0n) is 14.7. The van der Waals surface area contributed by atoms with Crippen LogP contribution in [-0.2, 0) is 0 Å². The van der Waals surface area contributed by atoms with Crippen LogP contribution in [0.1, 0.15) is 71.6 Å². The molecule has 0 spiro atoms. The third-order valence-electron chi connectivity index (χ3n) is 8.95. The normalized spacial score (nSPS) is 58.7. The Morgan fingerprint density at radius 1 is 0.913 bits per heavy atom. The van der Waals surface area contributed by atoms with Gasteiger partial charge < -0.3 is 10.2 Å². The van der Waals surface area contributed by atoms with Crippen LogP contribution >= 0.6 is 0 Å². The molecule has 2 nitrogen and oxygen atoms in total. The van der Waals surface area contributed by atoms with Gasteiger partial charge in [0.15, 0.2) is 0 Å². The molecule has 0 aliphatic heterocycles. The van der Waals surface area contributed by atoms with E-state index in [1.807, 2.05) is 0 Å². The Bertz CT molecular complexity index is 536. The third-order valence-corrected chi connectivity index (χ3v) is 8.95. The van der Waals surface area contributed by atoms with Gasteiger partial charge in [-0.05, 0) is 92.3 Å². The van der Waals surface area contributed by atoms with E-state index in [0.717, 1.165) is 37.5 Å². The number of fused-ring (bicyclic) bond motifs is 5. The molecular weight excluding hydrogens is 284 g/mol. The molecule has 0 unspecified atom stereocenters. The summed E-state index contributed by atoms with van der Waals surface area (Å²) < 4.78 is 0. The molecule has 4 saturated carbocycles. The summed E-state index contributed by atoms with van der Waals surface area (Å²) in [5.74, 6) is 5.51. The van der Waals surface area contributed by atoms with Crippen molar-refractivity contribution in [3.8, 4) is 12.3 Å². The van der Waals surface area contributed by atoms with E-state index < -0.39 is 5.60 Å². The molecule has 128 valence electrons. The van der Waals surface area contributed by atoms with Gasteiger partial charge in [-0.3, -0.25) is 0 Å². The lowest BCUT2D eigenvalue weighted by Gasteiger charge is -2.61. The first-order valence-electron chi connectivity index (χ1n) is 9.71. The summed E-state index contributed by atoms with van der Waals surface area (Å²) in [6.07, 6.45) is 15.3. The van der Waals surface area contributed by atoms with Crippen LogP contribution in [0.5, 0.6) is 0 Å². The predicted molar refractivity (Wildman–Crippen MR) is 91.5 cm³/mol. The molecule has 0 amide bonds. The van der Waals surface area contributed by atoms with Gasteiger partial charge in [-0.15, -0.1) is 6.42 Å². The Balaban J connectivity index is 1.61. The molecule has 4 aliphatic rings. The summed E-state index contributed by atoms with van der Waals surface area (Å²) in [5, 5.41) is 21.1. The maximum atomic E-state index is 10.6. The highest BCUT2D eigenvalue weighted by Crippen LogP contribution is 2.66.